The molecule has 0 amide bonds. The molecular formula is C10H20N4O2S. The van der Waals surface area contributed by atoms with E-state index in [1.54, 1.807) is 6.92 Å². The quantitative estimate of drug-likeness (QED) is 0.659. The van der Waals surface area contributed by atoms with E-state index in [1.165, 1.54) is 6.20 Å². The number of nitrogens with one attached hydrogen (secondary N) is 2. The zero-order valence-electron chi connectivity index (χ0n) is 10.2. The molecule has 1 aromatic heterocycles. The van der Waals surface area contributed by atoms with E-state index >= 15 is 0 Å². The first kappa shape index (κ1) is 14.1. The van der Waals surface area contributed by atoms with E-state index in [0.717, 1.165) is 12.8 Å². The number of hydrogen-bond donors (Lipinski definition) is 3. The zero-order chi connectivity index (χ0) is 12.9. The van der Waals surface area contributed by atoms with Gasteiger partial charge in [0.25, 0.3) is 10.0 Å². The molecule has 6 nitrogen and oxygen atoms in total. The highest BCUT2D eigenvalue weighted by molar-refractivity contribution is 7.89. The predicted molar refractivity (Wildman–Crippen MR) is 66.0 cm³/mol. The molecule has 1 atom stereocenters. The lowest BCUT2D eigenvalue weighted by Gasteiger charge is -2.14. The van der Waals surface area contributed by atoms with Crippen LogP contribution < -0.4 is 10.5 Å². The average Bonchev–Trinajstić information content (AvgIpc) is 2.72. The van der Waals surface area contributed by atoms with Crippen LogP contribution in [0.1, 0.15) is 25.6 Å². The van der Waals surface area contributed by atoms with E-state index in [4.69, 9.17) is 5.73 Å². The minimum Gasteiger partial charge on any atom is -0.332 e. The Morgan fingerprint density at radius 3 is 2.76 bits per heavy atom. The second-order valence-corrected chi connectivity index (χ2v) is 5.77. The van der Waals surface area contributed by atoms with Gasteiger partial charge in [0.15, 0.2) is 5.03 Å². The number of aromatic amines is 1. The standard InChI is InChI=1S/C10H20N4O2S/c1-3-9(4-5-11)6-13-17(15,16)10-7-12-8(2)14-10/h7,9,13H,3-6,11H2,1-2H3,(H,12,14). The van der Waals surface area contributed by atoms with Gasteiger partial charge < -0.3 is 10.7 Å². The van der Waals surface area contributed by atoms with E-state index in [-0.39, 0.29) is 10.9 Å². The number of nitrogens with zero attached hydrogens (tertiary/aromatic N) is 1. The van der Waals surface area contributed by atoms with Gasteiger partial charge in [-0.2, -0.15) is 0 Å². The van der Waals surface area contributed by atoms with Crippen molar-refractivity contribution in [2.75, 3.05) is 13.1 Å². The molecule has 0 fully saturated rings. The first-order valence-electron chi connectivity index (χ1n) is 5.71. The van der Waals surface area contributed by atoms with Crippen molar-refractivity contribution in [3.63, 3.8) is 0 Å². The highest BCUT2D eigenvalue weighted by Gasteiger charge is 2.17. The van der Waals surface area contributed by atoms with Crippen LogP contribution >= 0.6 is 0 Å². The first-order chi connectivity index (χ1) is 7.99. The molecule has 0 aliphatic carbocycles. The summed E-state index contributed by atoms with van der Waals surface area (Å²) in [5, 5.41) is 0.109. The number of H-pyrrole nitrogens is 1. The fraction of sp³-hybridized carbons (Fsp3) is 0.700. The lowest BCUT2D eigenvalue weighted by Crippen LogP contribution is -2.30. The van der Waals surface area contributed by atoms with Crippen LogP contribution in [0.15, 0.2) is 11.2 Å². The van der Waals surface area contributed by atoms with E-state index in [0.29, 0.717) is 18.9 Å². The lowest BCUT2D eigenvalue weighted by atomic mass is 10.0. The summed E-state index contributed by atoms with van der Waals surface area (Å²) in [6.07, 6.45) is 3.05. The van der Waals surface area contributed by atoms with Crippen LogP contribution in [-0.4, -0.2) is 31.5 Å². The highest BCUT2D eigenvalue weighted by atomic mass is 32.2. The van der Waals surface area contributed by atoms with Crippen LogP contribution in [0.2, 0.25) is 0 Å². The maximum atomic E-state index is 11.9. The first-order valence-corrected chi connectivity index (χ1v) is 7.19. The van der Waals surface area contributed by atoms with E-state index in [9.17, 15) is 8.42 Å². The highest BCUT2D eigenvalue weighted by Crippen LogP contribution is 2.09. The minimum absolute atomic E-state index is 0.109. The molecule has 1 rings (SSSR count). The Morgan fingerprint density at radius 1 is 1.59 bits per heavy atom. The van der Waals surface area contributed by atoms with Crippen LogP contribution in [0.3, 0.4) is 0 Å². The minimum atomic E-state index is -3.47. The summed E-state index contributed by atoms with van der Waals surface area (Å²) >= 11 is 0. The third-order valence-corrected chi connectivity index (χ3v) is 4.02. The molecular weight excluding hydrogens is 240 g/mol. The Hall–Kier alpha value is -0.920. The lowest BCUT2D eigenvalue weighted by molar-refractivity contribution is 0.465. The second kappa shape index (κ2) is 6.13. The maximum absolute atomic E-state index is 11.9. The summed E-state index contributed by atoms with van der Waals surface area (Å²) in [6, 6.07) is 0. The molecule has 0 saturated carbocycles. The molecule has 7 heteroatoms. The summed E-state index contributed by atoms with van der Waals surface area (Å²) in [4.78, 5) is 6.58. The second-order valence-electron chi connectivity index (χ2n) is 4.04. The third-order valence-electron chi connectivity index (χ3n) is 2.68. The molecule has 1 aromatic rings. The van der Waals surface area contributed by atoms with Gasteiger partial charge in [-0.3, -0.25) is 0 Å². The summed E-state index contributed by atoms with van der Waals surface area (Å²) in [5.74, 6) is 0.859. The fourth-order valence-electron chi connectivity index (χ4n) is 1.53. The average molecular weight is 260 g/mol. The topological polar surface area (TPSA) is 101 Å². The molecule has 1 heterocycles. The number of aryl methyl sites for hydroxylation is 1. The Bertz CT molecular complexity index is 441. The van der Waals surface area contributed by atoms with Crippen LogP contribution in [0.5, 0.6) is 0 Å². The van der Waals surface area contributed by atoms with Crippen molar-refractivity contribution in [3.8, 4) is 0 Å². The van der Waals surface area contributed by atoms with Gasteiger partial charge in [0.1, 0.15) is 5.82 Å². The van der Waals surface area contributed by atoms with E-state index < -0.39 is 10.0 Å². The molecule has 0 saturated heterocycles. The number of imidazole rings is 1. The predicted octanol–water partition coefficient (Wildman–Crippen LogP) is 0.371. The molecule has 0 aliphatic rings. The number of sulfonamides is 1. The molecule has 4 N–H and O–H groups in total. The molecule has 0 radical (unpaired) electrons. The zero-order valence-corrected chi connectivity index (χ0v) is 11.0. The van der Waals surface area contributed by atoms with E-state index in [1.807, 2.05) is 6.92 Å². The molecule has 17 heavy (non-hydrogen) atoms. The smallest absolute Gasteiger partial charge is 0.257 e. The normalized spacial score (nSPS) is 13.8. The monoisotopic (exact) mass is 260 g/mol. The van der Waals surface area contributed by atoms with Gasteiger partial charge in [0, 0.05) is 6.54 Å². The van der Waals surface area contributed by atoms with Crippen molar-refractivity contribution < 1.29 is 8.42 Å². The summed E-state index contributed by atoms with van der Waals surface area (Å²) in [6.45, 7) is 4.72. The van der Waals surface area contributed by atoms with Gasteiger partial charge in [-0.25, -0.2) is 18.1 Å². The van der Waals surface area contributed by atoms with Crippen LogP contribution in [0, 0.1) is 12.8 Å². The maximum Gasteiger partial charge on any atom is 0.257 e. The number of nitrogens with two attached hydrogens (primary N) is 1. The van der Waals surface area contributed by atoms with Crippen molar-refractivity contribution >= 4 is 10.0 Å². The number of hydrogen-bond acceptors (Lipinski definition) is 4. The fourth-order valence-corrected chi connectivity index (χ4v) is 2.61. The molecule has 1 unspecified atom stereocenters. The van der Waals surface area contributed by atoms with Crippen molar-refractivity contribution in [3.05, 3.63) is 12.0 Å². The Labute approximate surface area is 102 Å². The van der Waals surface area contributed by atoms with Crippen LogP contribution in [0.4, 0.5) is 0 Å². The van der Waals surface area contributed by atoms with Crippen LogP contribution in [0.25, 0.3) is 0 Å². The van der Waals surface area contributed by atoms with Gasteiger partial charge in [-0.15, -0.1) is 0 Å². The SMILES string of the molecule is CCC(CCN)CNS(=O)(=O)c1cnc(C)[nH]1. The molecule has 0 aliphatic heterocycles. The van der Waals surface area contributed by atoms with Gasteiger partial charge >= 0.3 is 0 Å². The summed E-state index contributed by atoms with van der Waals surface area (Å²) < 4.78 is 26.3. The van der Waals surface area contributed by atoms with Gasteiger partial charge in [-0.05, 0) is 25.8 Å². The van der Waals surface area contributed by atoms with Crippen LogP contribution in [-0.2, 0) is 10.0 Å². The molecule has 0 spiro atoms. The largest absolute Gasteiger partial charge is 0.332 e. The Balaban J connectivity index is 2.61. The van der Waals surface area contributed by atoms with Gasteiger partial charge in [0.05, 0.1) is 6.20 Å². The van der Waals surface area contributed by atoms with Crippen molar-refractivity contribution in [2.24, 2.45) is 11.7 Å². The summed E-state index contributed by atoms with van der Waals surface area (Å²) in [5.41, 5.74) is 5.47. The number of aromatic nitrogens is 2. The van der Waals surface area contributed by atoms with Gasteiger partial charge in [0.2, 0.25) is 0 Å². The van der Waals surface area contributed by atoms with Gasteiger partial charge in [-0.1, -0.05) is 13.3 Å². The van der Waals surface area contributed by atoms with Crippen molar-refractivity contribution in [2.45, 2.75) is 31.7 Å². The molecule has 98 valence electrons. The number of rotatable bonds is 7. The van der Waals surface area contributed by atoms with Crippen molar-refractivity contribution in [1.29, 1.82) is 0 Å². The third kappa shape index (κ3) is 4.10. The molecule has 0 bridgehead atoms. The Morgan fingerprint density at radius 2 is 2.29 bits per heavy atom. The van der Waals surface area contributed by atoms with E-state index in [2.05, 4.69) is 14.7 Å². The summed E-state index contributed by atoms with van der Waals surface area (Å²) in [7, 11) is -3.47. The Kier molecular flexibility index (Phi) is 5.10. The molecule has 0 aromatic carbocycles. The van der Waals surface area contributed by atoms with Crippen molar-refractivity contribution in [1.82, 2.24) is 14.7 Å².